The molecule has 1 aromatic heterocycles. The Hall–Kier alpha value is -2.00. The summed E-state index contributed by atoms with van der Waals surface area (Å²) in [6, 6.07) is 5.31. The summed E-state index contributed by atoms with van der Waals surface area (Å²) in [6.45, 7) is 1.91. The van der Waals surface area contributed by atoms with Gasteiger partial charge >= 0.3 is 0 Å². The lowest BCUT2D eigenvalue weighted by molar-refractivity contribution is -0.119. The molecule has 2 rings (SSSR count). The van der Waals surface area contributed by atoms with Crippen LogP contribution in [0.1, 0.15) is 18.5 Å². The molecule has 0 radical (unpaired) electrons. The highest BCUT2D eigenvalue weighted by Gasteiger charge is 2.16. The first-order valence-electron chi connectivity index (χ1n) is 7.22. The maximum atomic E-state index is 12.2. The Morgan fingerprint density at radius 2 is 2.12 bits per heavy atom. The van der Waals surface area contributed by atoms with Crippen LogP contribution >= 0.6 is 23.1 Å². The van der Waals surface area contributed by atoms with Gasteiger partial charge in [-0.3, -0.25) is 4.79 Å². The Morgan fingerprint density at radius 1 is 1.33 bits per heavy atom. The standard InChI is InChI=1S/C15H20N4O3S2/c1-9(11-7-10(21-3)5-6-12(11)22-4)17-13(20)8-23-15-19-18-14(16-2)24-15/h5-7,9H,8H2,1-4H3,(H,16,18)(H,17,20)/t9-/m0/s1. The van der Waals surface area contributed by atoms with Crippen LogP contribution in [0.4, 0.5) is 5.13 Å². The van der Waals surface area contributed by atoms with E-state index in [-0.39, 0.29) is 17.7 Å². The highest BCUT2D eigenvalue weighted by Crippen LogP contribution is 2.29. The van der Waals surface area contributed by atoms with Crippen molar-refractivity contribution in [1.29, 1.82) is 0 Å². The number of thioether (sulfide) groups is 1. The average molecular weight is 368 g/mol. The first-order chi connectivity index (χ1) is 11.6. The number of carbonyl (C=O) groups is 1. The van der Waals surface area contributed by atoms with E-state index in [0.717, 1.165) is 20.8 Å². The topological polar surface area (TPSA) is 85.4 Å². The molecular formula is C15H20N4O3S2. The van der Waals surface area contributed by atoms with Gasteiger partial charge in [-0.05, 0) is 25.1 Å². The second kappa shape index (κ2) is 8.74. The molecular weight excluding hydrogens is 348 g/mol. The molecule has 130 valence electrons. The number of nitrogens with one attached hydrogen (secondary N) is 2. The first-order valence-corrected chi connectivity index (χ1v) is 9.03. The zero-order chi connectivity index (χ0) is 17.5. The molecule has 2 aromatic rings. The van der Waals surface area contributed by atoms with Crippen molar-refractivity contribution in [3.63, 3.8) is 0 Å². The molecule has 0 saturated heterocycles. The third kappa shape index (κ3) is 4.75. The van der Waals surface area contributed by atoms with Crippen molar-refractivity contribution < 1.29 is 14.3 Å². The summed E-state index contributed by atoms with van der Waals surface area (Å²) in [4.78, 5) is 12.2. The van der Waals surface area contributed by atoms with Crippen molar-refractivity contribution in [3.8, 4) is 11.5 Å². The molecule has 7 nitrogen and oxygen atoms in total. The lowest BCUT2D eigenvalue weighted by Gasteiger charge is -2.18. The van der Waals surface area contributed by atoms with Crippen LogP contribution in [-0.2, 0) is 4.79 Å². The minimum Gasteiger partial charge on any atom is -0.497 e. The van der Waals surface area contributed by atoms with Crippen molar-refractivity contribution in [2.45, 2.75) is 17.3 Å². The highest BCUT2D eigenvalue weighted by molar-refractivity contribution is 8.01. The fourth-order valence-electron chi connectivity index (χ4n) is 2.04. The molecule has 1 atom stereocenters. The third-order valence-electron chi connectivity index (χ3n) is 3.23. The normalized spacial score (nSPS) is 11.7. The second-order valence-corrected chi connectivity index (χ2v) is 7.01. The van der Waals surface area contributed by atoms with Gasteiger partial charge in [0.15, 0.2) is 4.34 Å². The van der Waals surface area contributed by atoms with Crippen molar-refractivity contribution in [3.05, 3.63) is 23.8 Å². The molecule has 0 aliphatic heterocycles. The number of hydrogen-bond donors (Lipinski definition) is 2. The van der Waals surface area contributed by atoms with Gasteiger partial charge in [-0.1, -0.05) is 23.1 Å². The van der Waals surface area contributed by atoms with E-state index in [2.05, 4.69) is 20.8 Å². The number of nitrogens with zero attached hydrogens (tertiary/aromatic N) is 2. The minimum absolute atomic E-state index is 0.0846. The lowest BCUT2D eigenvalue weighted by atomic mass is 10.1. The number of carbonyl (C=O) groups excluding carboxylic acids is 1. The maximum Gasteiger partial charge on any atom is 0.230 e. The summed E-state index contributed by atoms with van der Waals surface area (Å²) in [6.07, 6.45) is 0. The van der Waals surface area contributed by atoms with Gasteiger partial charge < -0.3 is 20.1 Å². The van der Waals surface area contributed by atoms with Crippen LogP contribution in [0.5, 0.6) is 11.5 Å². The predicted octanol–water partition coefficient (Wildman–Crippen LogP) is 2.57. The van der Waals surface area contributed by atoms with E-state index in [1.807, 2.05) is 25.1 Å². The molecule has 0 unspecified atom stereocenters. The van der Waals surface area contributed by atoms with Gasteiger partial charge in [-0.15, -0.1) is 10.2 Å². The van der Waals surface area contributed by atoms with Crippen LogP contribution in [0.2, 0.25) is 0 Å². The fourth-order valence-corrected chi connectivity index (χ4v) is 3.55. The number of ether oxygens (including phenoxy) is 2. The van der Waals surface area contributed by atoms with Crippen LogP contribution in [-0.4, -0.2) is 43.1 Å². The number of rotatable bonds is 8. The van der Waals surface area contributed by atoms with Crippen LogP contribution in [0.3, 0.4) is 0 Å². The zero-order valence-corrected chi connectivity index (χ0v) is 15.6. The Balaban J connectivity index is 1.95. The van der Waals surface area contributed by atoms with Crippen molar-refractivity contribution in [1.82, 2.24) is 15.5 Å². The summed E-state index contributed by atoms with van der Waals surface area (Å²) in [5.74, 6) is 1.61. The van der Waals surface area contributed by atoms with Gasteiger partial charge in [0, 0.05) is 12.6 Å². The number of amides is 1. The molecule has 0 saturated carbocycles. The summed E-state index contributed by atoms with van der Waals surface area (Å²) < 4.78 is 11.3. The summed E-state index contributed by atoms with van der Waals surface area (Å²) >= 11 is 2.77. The van der Waals surface area contributed by atoms with E-state index in [0.29, 0.717) is 5.75 Å². The fraction of sp³-hybridized carbons (Fsp3) is 0.400. The van der Waals surface area contributed by atoms with Crippen molar-refractivity contribution >= 4 is 34.1 Å². The molecule has 9 heteroatoms. The van der Waals surface area contributed by atoms with E-state index >= 15 is 0 Å². The van der Waals surface area contributed by atoms with Crippen LogP contribution in [0.25, 0.3) is 0 Å². The number of aromatic nitrogens is 2. The Bertz CT molecular complexity index is 693. The summed E-state index contributed by atoms with van der Waals surface area (Å²) in [7, 11) is 4.99. The Labute approximate surface area is 149 Å². The molecule has 24 heavy (non-hydrogen) atoms. The SMILES string of the molecule is CNc1nnc(SCC(=O)N[C@@H](C)c2cc(OC)ccc2OC)s1. The van der Waals surface area contributed by atoms with Gasteiger partial charge in [0.2, 0.25) is 11.0 Å². The van der Waals surface area contributed by atoms with Crippen LogP contribution in [0, 0.1) is 0 Å². The van der Waals surface area contributed by atoms with Gasteiger partial charge in [-0.2, -0.15) is 0 Å². The quantitative estimate of drug-likeness (QED) is 0.693. The number of benzene rings is 1. The largest absolute Gasteiger partial charge is 0.497 e. The minimum atomic E-state index is -0.203. The molecule has 1 aromatic carbocycles. The van der Waals surface area contributed by atoms with Gasteiger partial charge in [0.25, 0.3) is 0 Å². The predicted molar refractivity (Wildman–Crippen MR) is 96.3 cm³/mol. The average Bonchev–Trinajstić information content (AvgIpc) is 3.07. The zero-order valence-electron chi connectivity index (χ0n) is 14.0. The van der Waals surface area contributed by atoms with E-state index in [1.165, 1.54) is 23.1 Å². The van der Waals surface area contributed by atoms with Gasteiger partial charge in [-0.25, -0.2) is 0 Å². The molecule has 0 bridgehead atoms. The lowest BCUT2D eigenvalue weighted by Crippen LogP contribution is -2.28. The number of hydrogen-bond acceptors (Lipinski definition) is 8. The molecule has 2 N–H and O–H groups in total. The molecule has 0 aliphatic carbocycles. The van der Waals surface area contributed by atoms with Gasteiger partial charge in [0.1, 0.15) is 11.5 Å². The number of methoxy groups -OCH3 is 2. The number of anilines is 1. The molecule has 0 spiro atoms. The molecule has 1 heterocycles. The van der Waals surface area contributed by atoms with Gasteiger partial charge in [0.05, 0.1) is 26.0 Å². The third-order valence-corrected chi connectivity index (χ3v) is 5.30. The van der Waals surface area contributed by atoms with Crippen LogP contribution < -0.4 is 20.1 Å². The summed E-state index contributed by atoms with van der Waals surface area (Å²) in [5, 5.41) is 14.5. The maximum absolute atomic E-state index is 12.2. The van der Waals surface area contributed by atoms with Crippen molar-refractivity contribution in [2.24, 2.45) is 0 Å². The smallest absolute Gasteiger partial charge is 0.230 e. The molecule has 0 aliphatic rings. The molecule has 1 amide bonds. The van der Waals surface area contributed by atoms with Crippen molar-refractivity contribution in [2.75, 3.05) is 32.3 Å². The Kier molecular flexibility index (Phi) is 6.68. The second-order valence-electron chi connectivity index (χ2n) is 4.81. The first kappa shape index (κ1) is 18.3. The van der Waals surface area contributed by atoms with Crippen LogP contribution in [0.15, 0.2) is 22.5 Å². The van der Waals surface area contributed by atoms with E-state index in [9.17, 15) is 4.79 Å². The Morgan fingerprint density at radius 3 is 2.75 bits per heavy atom. The van der Waals surface area contributed by atoms with E-state index in [4.69, 9.17) is 9.47 Å². The van der Waals surface area contributed by atoms with E-state index < -0.39 is 0 Å². The van der Waals surface area contributed by atoms with E-state index in [1.54, 1.807) is 21.3 Å². The molecule has 0 fully saturated rings. The monoisotopic (exact) mass is 368 g/mol. The summed E-state index contributed by atoms with van der Waals surface area (Å²) in [5.41, 5.74) is 0.864. The highest BCUT2D eigenvalue weighted by atomic mass is 32.2.